The van der Waals surface area contributed by atoms with Gasteiger partial charge in [0.2, 0.25) is 0 Å². The van der Waals surface area contributed by atoms with Crippen molar-refractivity contribution >= 4 is 5.78 Å². The van der Waals surface area contributed by atoms with Crippen LogP contribution in [0.4, 0.5) is 0 Å². The van der Waals surface area contributed by atoms with Crippen LogP contribution in [0.5, 0.6) is 0 Å². The van der Waals surface area contributed by atoms with E-state index in [-0.39, 0.29) is 5.92 Å². The topological polar surface area (TPSA) is 29.1 Å². The Kier molecular flexibility index (Phi) is 3.39. The average molecular weight is 217 g/mol. The molecule has 0 radical (unpaired) electrons. The van der Waals surface area contributed by atoms with Crippen LogP contribution >= 0.6 is 0 Å². The lowest BCUT2D eigenvalue weighted by atomic mass is 9.92. The number of aryl methyl sites for hydroxylation is 2. The van der Waals surface area contributed by atoms with Gasteiger partial charge in [-0.2, -0.15) is 0 Å². The highest BCUT2D eigenvalue weighted by Crippen LogP contribution is 2.18. The Labute approximate surface area is 97.1 Å². The molecular weight excluding hydrogens is 198 g/mol. The normalized spacial score (nSPS) is 20.0. The fraction of sp³-hybridized carbons (Fsp3) is 0.500. The van der Waals surface area contributed by atoms with Gasteiger partial charge in [-0.3, -0.25) is 4.79 Å². The zero-order chi connectivity index (χ0) is 11.5. The molecule has 1 fully saturated rings. The van der Waals surface area contributed by atoms with Crippen LogP contribution < -0.4 is 5.32 Å². The van der Waals surface area contributed by atoms with E-state index in [1.165, 1.54) is 16.7 Å². The second kappa shape index (κ2) is 4.79. The molecule has 1 aliphatic heterocycles. The molecule has 2 rings (SSSR count). The van der Waals surface area contributed by atoms with Crippen LogP contribution in [-0.2, 0) is 11.2 Å². The number of hydrogen-bond donors (Lipinski definition) is 1. The number of nitrogens with one attached hydrogen (secondary N) is 1. The molecule has 2 nitrogen and oxygen atoms in total. The minimum atomic E-state index is 0.235. The second-order valence-electron chi connectivity index (χ2n) is 4.70. The maximum Gasteiger partial charge on any atom is 0.141 e. The average Bonchev–Trinajstić information content (AvgIpc) is 2.76. The van der Waals surface area contributed by atoms with Gasteiger partial charge < -0.3 is 5.32 Å². The molecule has 0 aliphatic carbocycles. The van der Waals surface area contributed by atoms with Crippen LogP contribution in [0.1, 0.15) is 23.1 Å². The number of rotatable bonds is 3. The van der Waals surface area contributed by atoms with Crippen molar-refractivity contribution in [3.05, 3.63) is 34.9 Å². The second-order valence-corrected chi connectivity index (χ2v) is 4.70. The molecule has 1 unspecified atom stereocenters. The molecule has 0 amide bonds. The highest BCUT2D eigenvalue weighted by atomic mass is 16.1. The van der Waals surface area contributed by atoms with Crippen molar-refractivity contribution in [3.63, 3.8) is 0 Å². The lowest BCUT2D eigenvalue weighted by molar-refractivity contribution is -0.121. The Bertz CT molecular complexity index is 371. The maximum atomic E-state index is 12.1. The summed E-state index contributed by atoms with van der Waals surface area (Å²) in [6.45, 7) is 6.03. The van der Waals surface area contributed by atoms with Gasteiger partial charge in [-0.1, -0.05) is 18.2 Å². The summed E-state index contributed by atoms with van der Waals surface area (Å²) < 4.78 is 0. The summed E-state index contributed by atoms with van der Waals surface area (Å²) in [4.78, 5) is 12.1. The predicted octanol–water partition coefficient (Wildman–Crippen LogP) is 2.02. The molecule has 2 heteroatoms. The van der Waals surface area contributed by atoms with Gasteiger partial charge in [-0.25, -0.2) is 0 Å². The van der Waals surface area contributed by atoms with E-state index in [9.17, 15) is 4.79 Å². The summed E-state index contributed by atoms with van der Waals surface area (Å²) in [5.41, 5.74) is 3.69. The third-order valence-corrected chi connectivity index (χ3v) is 3.51. The van der Waals surface area contributed by atoms with Gasteiger partial charge in [0.1, 0.15) is 5.78 Å². The third kappa shape index (κ3) is 2.33. The van der Waals surface area contributed by atoms with Gasteiger partial charge in [0.25, 0.3) is 0 Å². The fourth-order valence-corrected chi connectivity index (χ4v) is 2.38. The molecule has 0 bridgehead atoms. The quantitative estimate of drug-likeness (QED) is 0.839. The van der Waals surface area contributed by atoms with E-state index < -0.39 is 0 Å². The lowest BCUT2D eigenvalue weighted by Crippen LogP contribution is -2.20. The fourth-order valence-electron chi connectivity index (χ4n) is 2.38. The van der Waals surface area contributed by atoms with E-state index in [0.717, 1.165) is 19.5 Å². The molecule has 0 aromatic heterocycles. The third-order valence-electron chi connectivity index (χ3n) is 3.51. The van der Waals surface area contributed by atoms with E-state index in [4.69, 9.17) is 0 Å². The molecule has 1 N–H and O–H groups in total. The van der Waals surface area contributed by atoms with E-state index in [2.05, 4.69) is 37.4 Å². The summed E-state index contributed by atoms with van der Waals surface area (Å²) in [5.74, 6) is 0.626. The van der Waals surface area contributed by atoms with E-state index >= 15 is 0 Å². The zero-order valence-corrected chi connectivity index (χ0v) is 10.0. The Morgan fingerprint density at radius 3 is 2.62 bits per heavy atom. The molecule has 1 aromatic carbocycles. The monoisotopic (exact) mass is 217 g/mol. The SMILES string of the molecule is Cc1cccc(C)c1CC(=O)C1CCNC1. The largest absolute Gasteiger partial charge is 0.316 e. The van der Waals surface area contributed by atoms with Crippen LogP contribution in [-0.4, -0.2) is 18.9 Å². The standard InChI is InChI=1S/C14H19NO/c1-10-4-3-5-11(2)13(10)8-14(16)12-6-7-15-9-12/h3-5,12,15H,6-9H2,1-2H3. The molecule has 0 spiro atoms. The first kappa shape index (κ1) is 11.3. The van der Waals surface area contributed by atoms with Crippen molar-refractivity contribution < 1.29 is 4.79 Å². The van der Waals surface area contributed by atoms with Crippen molar-refractivity contribution in [1.82, 2.24) is 5.32 Å². The van der Waals surface area contributed by atoms with Crippen LogP contribution in [0.25, 0.3) is 0 Å². The van der Waals surface area contributed by atoms with Crippen LogP contribution in [0.2, 0.25) is 0 Å². The molecular formula is C14H19NO. The van der Waals surface area contributed by atoms with Gasteiger partial charge in [0, 0.05) is 18.9 Å². The summed E-state index contributed by atoms with van der Waals surface area (Å²) >= 11 is 0. The molecule has 1 heterocycles. The van der Waals surface area contributed by atoms with Crippen molar-refractivity contribution in [2.24, 2.45) is 5.92 Å². The summed E-state index contributed by atoms with van der Waals surface area (Å²) in [7, 11) is 0. The van der Waals surface area contributed by atoms with E-state index in [1.807, 2.05) is 0 Å². The molecule has 1 atom stereocenters. The van der Waals surface area contributed by atoms with Crippen molar-refractivity contribution in [2.45, 2.75) is 26.7 Å². The Balaban J connectivity index is 2.11. The Morgan fingerprint density at radius 2 is 2.06 bits per heavy atom. The smallest absolute Gasteiger partial charge is 0.141 e. The van der Waals surface area contributed by atoms with Gasteiger partial charge in [0.05, 0.1) is 0 Å². The van der Waals surface area contributed by atoms with Crippen LogP contribution in [0.15, 0.2) is 18.2 Å². The number of carbonyl (C=O) groups is 1. The van der Waals surface area contributed by atoms with Crippen molar-refractivity contribution in [3.8, 4) is 0 Å². The van der Waals surface area contributed by atoms with E-state index in [0.29, 0.717) is 12.2 Å². The zero-order valence-electron chi connectivity index (χ0n) is 10.0. The van der Waals surface area contributed by atoms with Crippen molar-refractivity contribution in [2.75, 3.05) is 13.1 Å². The van der Waals surface area contributed by atoms with Crippen molar-refractivity contribution in [1.29, 1.82) is 0 Å². The van der Waals surface area contributed by atoms with E-state index in [1.54, 1.807) is 0 Å². The highest BCUT2D eigenvalue weighted by Gasteiger charge is 2.22. The minimum Gasteiger partial charge on any atom is -0.316 e. The Hall–Kier alpha value is -1.15. The van der Waals surface area contributed by atoms with Crippen LogP contribution in [0.3, 0.4) is 0 Å². The first-order chi connectivity index (χ1) is 7.68. The summed E-state index contributed by atoms with van der Waals surface area (Å²) in [6, 6.07) is 6.22. The molecule has 0 saturated carbocycles. The first-order valence-corrected chi connectivity index (χ1v) is 5.97. The number of ketones is 1. The van der Waals surface area contributed by atoms with Gasteiger partial charge in [-0.15, -0.1) is 0 Å². The molecule has 1 aromatic rings. The van der Waals surface area contributed by atoms with Crippen LogP contribution in [0, 0.1) is 19.8 Å². The molecule has 1 saturated heterocycles. The number of benzene rings is 1. The van der Waals surface area contributed by atoms with Gasteiger partial charge in [0.15, 0.2) is 0 Å². The predicted molar refractivity (Wildman–Crippen MR) is 65.6 cm³/mol. The number of hydrogen-bond acceptors (Lipinski definition) is 2. The first-order valence-electron chi connectivity index (χ1n) is 5.97. The number of carbonyl (C=O) groups excluding carboxylic acids is 1. The maximum absolute atomic E-state index is 12.1. The molecule has 1 aliphatic rings. The minimum absolute atomic E-state index is 0.235. The Morgan fingerprint density at radius 1 is 1.38 bits per heavy atom. The van der Waals surface area contributed by atoms with Gasteiger partial charge in [-0.05, 0) is 43.5 Å². The molecule has 86 valence electrons. The summed E-state index contributed by atoms with van der Waals surface area (Å²) in [6.07, 6.45) is 1.61. The summed E-state index contributed by atoms with van der Waals surface area (Å²) in [5, 5.41) is 3.25. The lowest BCUT2D eigenvalue weighted by Gasteiger charge is -2.11. The highest BCUT2D eigenvalue weighted by molar-refractivity contribution is 5.84. The number of Topliss-reactive ketones (excluding diaryl/α,β-unsaturated/α-hetero) is 1. The molecule has 16 heavy (non-hydrogen) atoms. The van der Waals surface area contributed by atoms with Gasteiger partial charge >= 0.3 is 0 Å².